The average molecular weight is 368 g/mol. The van der Waals surface area contributed by atoms with E-state index in [9.17, 15) is 13.2 Å². The molecular weight excluding hydrogens is 356 g/mol. The van der Waals surface area contributed by atoms with E-state index < -0.39 is 15.9 Å². The van der Waals surface area contributed by atoms with Gasteiger partial charge in [-0.3, -0.25) is 4.79 Å². The van der Waals surface area contributed by atoms with E-state index in [-0.39, 0.29) is 23.0 Å². The van der Waals surface area contributed by atoms with Crippen LogP contribution < -0.4 is 10.0 Å². The molecule has 0 saturated heterocycles. The molecule has 0 aliphatic carbocycles. The second kappa shape index (κ2) is 7.04. The summed E-state index contributed by atoms with van der Waals surface area (Å²) in [5, 5.41) is 2.53. The molecular formula is C11H12BrClN2O3S. The van der Waals surface area contributed by atoms with Crippen molar-refractivity contribution in [1.29, 1.82) is 0 Å². The normalized spacial score (nSPS) is 11.1. The highest BCUT2D eigenvalue weighted by Crippen LogP contribution is 2.24. The molecule has 0 fully saturated rings. The number of hydrogen-bond donors (Lipinski definition) is 2. The molecule has 104 valence electrons. The molecule has 0 saturated carbocycles. The lowest BCUT2D eigenvalue weighted by Gasteiger charge is -2.08. The predicted octanol–water partition coefficient (Wildman–Crippen LogP) is 1.68. The molecule has 0 spiro atoms. The zero-order chi connectivity index (χ0) is 14.5. The Balaban J connectivity index is 2.76. The van der Waals surface area contributed by atoms with Crippen LogP contribution in [0.25, 0.3) is 0 Å². The molecule has 1 aromatic rings. The minimum Gasteiger partial charge on any atom is -0.352 e. The van der Waals surface area contributed by atoms with Crippen molar-refractivity contribution in [3.05, 3.63) is 40.3 Å². The molecule has 0 aliphatic rings. The molecule has 8 heteroatoms. The third-order valence-corrected chi connectivity index (χ3v) is 4.43. The first-order valence-electron chi connectivity index (χ1n) is 5.19. The van der Waals surface area contributed by atoms with Crippen LogP contribution in [0.4, 0.5) is 0 Å². The van der Waals surface area contributed by atoms with Gasteiger partial charge < -0.3 is 5.32 Å². The summed E-state index contributed by atoms with van der Waals surface area (Å²) < 4.78 is 26.7. The maximum Gasteiger partial charge on any atom is 0.242 e. The summed E-state index contributed by atoms with van der Waals surface area (Å²) in [6.07, 6.45) is 1.50. The molecule has 1 amide bonds. The Kier molecular flexibility index (Phi) is 5.99. The molecule has 0 unspecified atom stereocenters. The summed E-state index contributed by atoms with van der Waals surface area (Å²) >= 11 is 9.03. The standard InChI is InChI=1S/C11H12BrClN2O3S/c1-2-5-14-11(16)7-15-19(17,18)10-4-3-8(12)6-9(10)13/h2-4,6,15H,1,5,7H2,(H,14,16). The molecule has 19 heavy (non-hydrogen) atoms. The monoisotopic (exact) mass is 366 g/mol. The van der Waals surface area contributed by atoms with Crippen LogP contribution in [0.15, 0.2) is 40.2 Å². The van der Waals surface area contributed by atoms with Crippen molar-refractivity contribution in [1.82, 2.24) is 10.0 Å². The van der Waals surface area contributed by atoms with Crippen molar-refractivity contribution in [3.63, 3.8) is 0 Å². The summed E-state index contributed by atoms with van der Waals surface area (Å²) in [4.78, 5) is 11.2. The van der Waals surface area contributed by atoms with Gasteiger partial charge in [-0.1, -0.05) is 33.6 Å². The molecule has 1 rings (SSSR count). The van der Waals surface area contributed by atoms with Crippen LogP contribution in [0.5, 0.6) is 0 Å². The fourth-order valence-corrected chi connectivity index (χ4v) is 3.20. The topological polar surface area (TPSA) is 75.3 Å². The number of carbonyl (C=O) groups is 1. The summed E-state index contributed by atoms with van der Waals surface area (Å²) in [6, 6.07) is 4.38. The SMILES string of the molecule is C=CCNC(=O)CNS(=O)(=O)c1ccc(Br)cc1Cl. The molecule has 5 nitrogen and oxygen atoms in total. The first-order chi connectivity index (χ1) is 8.86. The summed E-state index contributed by atoms with van der Waals surface area (Å²) in [5.74, 6) is -0.447. The van der Waals surface area contributed by atoms with Gasteiger partial charge in [0.1, 0.15) is 4.90 Å². The average Bonchev–Trinajstić information content (AvgIpc) is 2.33. The van der Waals surface area contributed by atoms with Crippen molar-refractivity contribution in [3.8, 4) is 0 Å². The van der Waals surface area contributed by atoms with Crippen LogP contribution >= 0.6 is 27.5 Å². The maximum atomic E-state index is 11.9. The molecule has 0 atom stereocenters. The summed E-state index contributed by atoms with van der Waals surface area (Å²) in [5.41, 5.74) is 0. The van der Waals surface area contributed by atoms with Gasteiger partial charge in [-0.2, -0.15) is 0 Å². The van der Waals surface area contributed by atoms with Crippen LogP contribution in [0.2, 0.25) is 5.02 Å². The van der Waals surface area contributed by atoms with E-state index in [1.165, 1.54) is 18.2 Å². The Morgan fingerprint density at radius 2 is 2.16 bits per heavy atom. The number of amides is 1. The molecule has 0 aromatic heterocycles. The first-order valence-corrected chi connectivity index (χ1v) is 7.84. The van der Waals surface area contributed by atoms with Gasteiger partial charge in [-0.25, -0.2) is 13.1 Å². The zero-order valence-electron chi connectivity index (χ0n) is 9.82. The third kappa shape index (κ3) is 4.94. The Bertz CT molecular complexity index is 590. The number of nitrogens with one attached hydrogen (secondary N) is 2. The molecule has 1 aromatic carbocycles. The van der Waals surface area contributed by atoms with Gasteiger partial charge in [0, 0.05) is 11.0 Å². The highest BCUT2D eigenvalue weighted by atomic mass is 79.9. The number of carbonyl (C=O) groups excluding carboxylic acids is 1. The van der Waals surface area contributed by atoms with Crippen LogP contribution in [-0.2, 0) is 14.8 Å². The van der Waals surface area contributed by atoms with Crippen molar-refractivity contribution >= 4 is 43.5 Å². The van der Waals surface area contributed by atoms with Crippen molar-refractivity contribution in [2.45, 2.75) is 4.90 Å². The van der Waals surface area contributed by atoms with Gasteiger partial charge in [0.25, 0.3) is 0 Å². The molecule has 0 radical (unpaired) electrons. The van der Waals surface area contributed by atoms with E-state index in [1.807, 2.05) is 0 Å². The quantitative estimate of drug-likeness (QED) is 0.751. The van der Waals surface area contributed by atoms with Gasteiger partial charge in [-0.15, -0.1) is 6.58 Å². The zero-order valence-corrected chi connectivity index (χ0v) is 13.0. The second-order valence-corrected chi connectivity index (χ2v) is 6.55. The van der Waals surface area contributed by atoms with Gasteiger partial charge >= 0.3 is 0 Å². The number of hydrogen-bond acceptors (Lipinski definition) is 3. The largest absolute Gasteiger partial charge is 0.352 e. The van der Waals surface area contributed by atoms with E-state index >= 15 is 0 Å². The third-order valence-electron chi connectivity index (χ3n) is 2.05. The van der Waals surface area contributed by atoms with Crippen molar-refractivity contribution in [2.75, 3.05) is 13.1 Å². The summed E-state index contributed by atoms with van der Waals surface area (Å²) in [6.45, 7) is 3.35. The van der Waals surface area contributed by atoms with Crippen LogP contribution in [0, 0.1) is 0 Å². The van der Waals surface area contributed by atoms with Gasteiger partial charge in [-0.05, 0) is 18.2 Å². The Morgan fingerprint density at radius 3 is 2.74 bits per heavy atom. The van der Waals surface area contributed by atoms with E-state index in [2.05, 4.69) is 32.5 Å². The van der Waals surface area contributed by atoms with E-state index in [0.717, 1.165) is 0 Å². The Morgan fingerprint density at radius 1 is 1.47 bits per heavy atom. The minimum absolute atomic E-state index is 0.0751. The lowest BCUT2D eigenvalue weighted by molar-refractivity contribution is -0.119. The van der Waals surface area contributed by atoms with E-state index in [4.69, 9.17) is 11.6 Å². The van der Waals surface area contributed by atoms with Crippen LogP contribution in [-0.4, -0.2) is 27.4 Å². The number of halogens is 2. The fourth-order valence-electron chi connectivity index (χ4n) is 1.18. The lowest BCUT2D eigenvalue weighted by atomic mass is 10.4. The second-order valence-electron chi connectivity index (χ2n) is 3.49. The minimum atomic E-state index is -3.82. The lowest BCUT2D eigenvalue weighted by Crippen LogP contribution is -2.37. The van der Waals surface area contributed by atoms with Crippen LogP contribution in [0.3, 0.4) is 0 Å². The molecule has 0 heterocycles. The van der Waals surface area contributed by atoms with E-state index in [0.29, 0.717) is 4.47 Å². The van der Waals surface area contributed by atoms with Crippen LogP contribution in [0.1, 0.15) is 0 Å². The predicted molar refractivity (Wildman–Crippen MR) is 77.5 cm³/mol. The van der Waals surface area contributed by atoms with E-state index in [1.54, 1.807) is 6.07 Å². The first kappa shape index (κ1) is 16.2. The van der Waals surface area contributed by atoms with Crippen molar-refractivity contribution in [2.24, 2.45) is 0 Å². The highest BCUT2D eigenvalue weighted by Gasteiger charge is 2.18. The van der Waals surface area contributed by atoms with Gasteiger partial charge in [0.2, 0.25) is 15.9 Å². The Labute approximate surface area is 125 Å². The molecule has 0 aliphatic heterocycles. The Hall–Kier alpha value is -0.890. The smallest absolute Gasteiger partial charge is 0.242 e. The number of rotatable bonds is 6. The van der Waals surface area contributed by atoms with Gasteiger partial charge in [0.15, 0.2) is 0 Å². The fraction of sp³-hybridized carbons (Fsp3) is 0.182. The summed E-state index contributed by atoms with van der Waals surface area (Å²) in [7, 11) is -3.82. The maximum absolute atomic E-state index is 11.9. The van der Waals surface area contributed by atoms with Crippen molar-refractivity contribution < 1.29 is 13.2 Å². The molecule has 0 bridgehead atoms. The number of sulfonamides is 1. The highest BCUT2D eigenvalue weighted by molar-refractivity contribution is 9.10. The molecule has 2 N–H and O–H groups in total. The van der Waals surface area contributed by atoms with Gasteiger partial charge in [0.05, 0.1) is 11.6 Å². The number of benzene rings is 1.